The lowest BCUT2D eigenvalue weighted by Gasteiger charge is -2.57. The van der Waals surface area contributed by atoms with E-state index in [1.54, 1.807) is 17.3 Å². The second-order valence-electron chi connectivity index (χ2n) is 12.8. The third-order valence-corrected chi connectivity index (χ3v) is 11.5. The van der Waals surface area contributed by atoms with Gasteiger partial charge >= 0.3 is 0 Å². The summed E-state index contributed by atoms with van der Waals surface area (Å²) < 4.78 is 0. The lowest BCUT2D eigenvalue weighted by molar-refractivity contribution is -0.0628. The summed E-state index contributed by atoms with van der Waals surface area (Å²) >= 11 is 1.63. The van der Waals surface area contributed by atoms with Gasteiger partial charge < -0.3 is 15.3 Å². The summed E-state index contributed by atoms with van der Waals surface area (Å²) in [6.45, 7) is 10.9. The van der Waals surface area contributed by atoms with Gasteiger partial charge in [0.15, 0.2) is 0 Å². The van der Waals surface area contributed by atoms with Crippen LogP contribution in [0.3, 0.4) is 0 Å². The Balaban J connectivity index is 1.43. The monoisotopic (exact) mass is 476 g/mol. The zero-order valence-electron chi connectivity index (χ0n) is 21.7. The van der Waals surface area contributed by atoms with Crippen molar-refractivity contribution < 1.29 is 15.3 Å². The smallest absolute Gasteiger partial charge is 0.116 e. The van der Waals surface area contributed by atoms with E-state index in [0.717, 1.165) is 37.4 Å². The van der Waals surface area contributed by atoms with Crippen molar-refractivity contribution in [3.63, 3.8) is 0 Å². The molecule has 4 rings (SSSR count). The highest BCUT2D eigenvalue weighted by Crippen LogP contribution is 2.66. The minimum Gasteiger partial charge on any atom is -0.392 e. The number of aliphatic hydroxyl groups excluding tert-OH is 1. The van der Waals surface area contributed by atoms with Crippen molar-refractivity contribution in [3.05, 3.63) is 23.3 Å². The van der Waals surface area contributed by atoms with Gasteiger partial charge in [-0.1, -0.05) is 63.3 Å². The molecule has 4 aliphatic rings. The molecule has 0 aromatic carbocycles. The number of fused-ring (bicyclic) bond motifs is 5. The first-order valence-corrected chi connectivity index (χ1v) is 14.6. The van der Waals surface area contributed by atoms with Crippen molar-refractivity contribution in [2.45, 2.75) is 122 Å². The van der Waals surface area contributed by atoms with Gasteiger partial charge in [0, 0.05) is 18.3 Å². The minimum atomic E-state index is -0.865. The van der Waals surface area contributed by atoms with Crippen molar-refractivity contribution in [1.29, 1.82) is 0 Å². The fourth-order valence-electron chi connectivity index (χ4n) is 8.04. The van der Waals surface area contributed by atoms with Crippen LogP contribution in [0.25, 0.3) is 0 Å². The van der Waals surface area contributed by atoms with Crippen LogP contribution in [-0.4, -0.2) is 37.7 Å². The summed E-state index contributed by atoms with van der Waals surface area (Å²) in [5.74, 6) is 2.84. The SMILES string of the molecule is CC[C@H]1CC[C@H]2C3=CC=C4C[C@](O)(SCCCCCC(C)(C)O)C[C@H](O)[C@]4(C)[C@@H]3CC[C@]12C. The van der Waals surface area contributed by atoms with E-state index in [-0.39, 0.29) is 5.41 Å². The molecule has 4 heteroatoms. The highest BCUT2D eigenvalue weighted by atomic mass is 32.2. The molecule has 188 valence electrons. The number of hydrogen-bond donors (Lipinski definition) is 3. The Morgan fingerprint density at radius 1 is 1.06 bits per heavy atom. The third kappa shape index (κ3) is 4.76. The van der Waals surface area contributed by atoms with Crippen LogP contribution >= 0.6 is 11.8 Å². The number of allylic oxidation sites excluding steroid dienone is 3. The molecule has 0 amide bonds. The van der Waals surface area contributed by atoms with Crippen LogP contribution in [0.15, 0.2) is 23.3 Å². The zero-order chi connectivity index (χ0) is 24.1. The Morgan fingerprint density at radius 2 is 1.82 bits per heavy atom. The van der Waals surface area contributed by atoms with Gasteiger partial charge in [0.05, 0.1) is 11.7 Å². The first-order chi connectivity index (χ1) is 15.4. The van der Waals surface area contributed by atoms with Crippen molar-refractivity contribution in [1.82, 2.24) is 0 Å². The van der Waals surface area contributed by atoms with Crippen LogP contribution in [0, 0.1) is 28.6 Å². The maximum absolute atomic E-state index is 11.5. The molecule has 0 heterocycles. The fourth-order valence-corrected chi connectivity index (χ4v) is 9.30. The van der Waals surface area contributed by atoms with Crippen molar-refractivity contribution in [2.24, 2.45) is 28.6 Å². The summed E-state index contributed by atoms with van der Waals surface area (Å²) in [6.07, 6.45) is 15.7. The van der Waals surface area contributed by atoms with Gasteiger partial charge in [-0.2, -0.15) is 0 Å². The van der Waals surface area contributed by atoms with Gasteiger partial charge in [0.25, 0.3) is 0 Å². The van der Waals surface area contributed by atoms with Crippen molar-refractivity contribution in [3.8, 4) is 0 Å². The zero-order valence-corrected chi connectivity index (χ0v) is 22.5. The summed E-state index contributed by atoms with van der Waals surface area (Å²) in [4.78, 5) is -0.865. The number of unbranched alkanes of at least 4 members (excludes halogenated alkanes) is 2. The largest absolute Gasteiger partial charge is 0.392 e. The van der Waals surface area contributed by atoms with Crippen LogP contribution in [0.4, 0.5) is 0 Å². The molecule has 33 heavy (non-hydrogen) atoms. The second-order valence-corrected chi connectivity index (χ2v) is 14.2. The van der Waals surface area contributed by atoms with Gasteiger partial charge in [-0.15, -0.1) is 11.8 Å². The molecule has 3 nitrogen and oxygen atoms in total. The average Bonchev–Trinajstić information content (AvgIpc) is 3.07. The van der Waals surface area contributed by atoms with Gasteiger partial charge in [0.2, 0.25) is 0 Å². The summed E-state index contributed by atoms with van der Waals surface area (Å²) in [7, 11) is 0. The molecule has 0 radical (unpaired) electrons. The van der Waals surface area contributed by atoms with E-state index in [0.29, 0.717) is 30.1 Å². The lowest BCUT2D eigenvalue weighted by atomic mass is 9.49. The maximum atomic E-state index is 11.5. The highest BCUT2D eigenvalue weighted by molar-refractivity contribution is 8.00. The standard InChI is InChI=1S/C29H48O3S/c1-6-20-11-13-23-22-12-10-21-18-29(32,33-17-9-7-8-15-26(2,3)31)19-25(30)28(21,5)24(22)14-16-27(20,23)4/h10,12,20,23-25,30-32H,6-9,11,13-19H2,1-5H3/t20-,23-,24+,25-,27+,28-,29-/m0/s1. The molecule has 0 saturated heterocycles. The summed E-state index contributed by atoms with van der Waals surface area (Å²) in [5.41, 5.74) is 2.49. The molecule has 0 aromatic heterocycles. The molecule has 3 saturated carbocycles. The van der Waals surface area contributed by atoms with E-state index < -0.39 is 16.6 Å². The van der Waals surface area contributed by atoms with Gasteiger partial charge in [-0.05, 0) is 81.3 Å². The van der Waals surface area contributed by atoms with Gasteiger partial charge in [-0.3, -0.25) is 0 Å². The number of hydrogen-bond acceptors (Lipinski definition) is 4. The van der Waals surface area contributed by atoms with Crippen LogP contribution < -0.4 is 0 Å². The molecule has 0 aromatic rings. The fraction of sp³-hybridized carbons (Fsp3) is 0.862. The number of thioether (sulfide) groups is 1. The maximum Gasteiger partial charge on any atom is 0.116 e. The Bertz CT molecular complexity index is 782. The Hall–Kier alpha value is -0.290. The topological polar surface area (TPSA) is 60.7 Å². The summed E-state index contributed by atoms with van der Waals surface area (Å²) in [5, 5.41) is 32.8. The molecule has 3 N–H and O–H groups in total. The lowest BCUT2D eigenvalue weighted by Crippen LogP contribution is -2.54. The average molecular weight is 477 g/mol. The predicted octanol–water partition coefficient (Wildman–Crippen LogP) is 6.62. The normalized spacial score (nSPS) is 42.8. The molecule has 0 spiro atoms. The number of rotatable bonds is 8. The molecule has 0 bridgehead atoms. The third-order valence-electron chi connectivity index (χ3n) is 10.2. The van der Waals surface area contributed by atoms with Crippen LogP contribution in [0.1, 0.15) is 105 Å². The molecule has 0 aliphatic heterocycles. The molecular weight excluding hydrogens is 428 g/mol. The minimum absolute atomic E-state index is 0.227. The Labute approximate surface area is 206 Å². The van der Waals surface area contributed by atoms with Crippen molar-refractivity contribution >= 4 is 11.8 Å². The Morgan fingerprint density at radius 3 is 2.52 bits per heavy atom. The molecule has 4 aliphatic carbocycles. The van der Waals surface area contributed by atoms with Crippen LogP contribution in [0.5, 0.6) is 0 Å². The molecule has 0 unspecified atom stereocenters. The van der Waals surface area contributed by atoms with Gasteiger partial charge in [-0.25, -0.2) is 0 Å². The quantitative estimate of drug-likeness (QED) is 0.272. The Kier molecular flexibility index (Phi) is 7.27. The van der Waals surface area contributed by atoms with Crippen LogP contribution in [0.2, 0.25) is 0 Å². The predicted molar refractivity (Wildman–Crippen MR) is 139 cm³/mol. The highest BCUT2D eigenvalue weighted by Gasteiger charge is 2.59. The van der Waals surface area contributed by atoms with Crippen LogP contribution in [-0.2, 0) is 0 Å². The van der Waals surface area contributed by atoms with E-state index in [1.807, 2.05) is 13.8 Å². The molecular formula is C29H48O3S. The van der Waals surface area contributed by atoms with E-state index in [1.165, 1.54) is 37.7 Å². The second kappa shape index (κ2) is 9.30. The first-order valence-electron chi connectivity index (χ1n) is 13.6. The van der Waals surface area contributed by atoms with Gasteiger partial charge in [0.1, 0.15) is 4.93 Å². The molecule has 7 atom stereocenters. The van der Waals surface area contributed by atoms with E-state index in [9.17, 15) is 15.3 Å². The summed E-state index contributed by atoms with van der Waals surface area (Å²) in [6, 6.07) is 0. The van der Waals surface area contributed by atoms with E-state index >= 15 is 0 Å². The van der Waals surface area contributed by atoms with Crippen molar-refractivity contribution in [2.75, 3.05) is 5.75 Å². The first kappa shape index (κ1) is 25.8. The van der Waals surface area contributed by atoms with E-state index in [4.69, 9.17) is 0 Å². The molecule has 3 fully saturated rings. The number of aliphatic hydroxyl groups is 3. The van der Waals surface area contributed by atoms with E-state index in [2.05, 4.69) is 32.9 Å².